The van der Waals surface area contributed by atoms with Gasteiger partial charge in [-0.15, -0.1) is 0 Å². The van der Waals surface area contributed by atoms with Crippen LogP contribution in [0.1, 0.15) is 6.42 Å². The first kappa shape index (κ1) is 13.1. The number of anilines is 1. The quantitative estimate of drug-likeness (QED) is 0.666. The number of ether oxygens (including phenoxy) is 2. The van der Waals surface area contributed by atoms with E-state index in [9.17, 15) is 0 Å². The summed E-state index contributed by atoms with van der Waals surface area (Å²) in [5, 5.41) is 3.93. The summed E-state index contributed by atoms with van der Waals surface area (Å²) in [6, 6.07) is 7.98. The van der Waals surface area contributed by atoms with Crippen LogP contribution in [0.15, 0.2) is 24.3 Å². The highest BCUT2D eigenvalue weighted by atomic mass is 32.1. The van der Waals surface area contributed by atoms with Gasteiger partial charge in [0.2, 0.25) is 0 Å². The molecule has 0 bridgehead atoms. The molecule has 1 heterocycles. The fourth-order valence-corrected chi connectivity index (χ4v) is 2.19. The normalized spacial score (nSPS) is 14.4. The SMILES string of the molecule is COCCNC(=S)N1CCCOc2ccccc21. The van der Waals surface area contributed by atoms with Crippen LogP contribution in [0.5, 0.6) is 5.75 Å². The zero-order valence-electron chi connectivity index (χ0n) is 10.5. The van der Waals surface area contributed by atoms with Crippen molar-refractivity contribution in [1.82, 2.24) is 5.32 Å². The molecule has 1 N–H and O–H groups in total. The van der Waals surface area contributed by atoms with Crippen molar-refractivity contribution in [2.24, 2.45) is 0 Å². The molecule has 0 fully saturated rings. The maximum Gasteiger partial charge on any atom is 0.173 e. The molecule has 1 aromatic rings. The van der Waals surface area contributed by atoms with Crippen molar-refractivity contribution >= 4 is 23.0 Å². The summed E-state index contributed by atoms with van der Waals surface area (Å²) in [6.07, 6.45) is 0.959. The lowest BCUT2D eigenvalue weighted by molar-refractivity contribution is 0.204. The number of thiocarbonyl (C=S) groups is 1. The van der Waals surface area contributed by atoms with E-state index in [4.69, 9.17) is 21.7 Å². The Hall–Kier alpha value is -1.33. The number of hydrogen-bond donors (Lipinski definition) is 1. The van der Waals surface area contributed by atoms with Gasteiger partial charge in [0.15, 0.2) is 5.11 Å². The summed E-state index contributed by atoms with van der Waals surface area (Å²) < 4.78 is 10.7. The van der Waals surface area contributed by atoms with Crippen molar-refractivity contribution in [1.29, 1.82) is 0 Å². The van der Waals surface area contributed by atoms with Gasteiger partial charge in [-0.2, -0.15) is 0 Å². The summed E-state index contributed by atoms with van der Waals surface area (Å²) in [7, 11) is 1.68. The second-order valence-electron chi connectivity index (χ2n) is 4.05. The van der Waals surface area contributed by atoms with Gasteiger partial charge in [0.1, 0.15) is 5.75 Å². The first-order valence-electron chi connectivity index (χ1n) is 6.09. The minimum atomic E-state index is 0.645. The Labute approximate surface area is 113 Å². The second kappa shape index (κ2) is 6.56. The Morgan fingerprint density at radius 3 is 3.17 bits per heavy atom. The average molecular weight is 266 g/mol. The van der Waals surface area contributed by atoms with Crippen molar-refractivity contribution in [2.75, 3.05) is 38.3 Å². The zero-order valence-corrected chi connectivity index (χ0v) is 11.3. The highest BCUT2D eigenvalue weighted by Gasteiger charge is 2.18. The van der Waals surface area contributed by atoms with Crippen LogP contribution in [0, 0.1) is 0 Å². The molecular formula is C13H18N2O2S. The smallest absolute Gasteiger partial charge is 0.173 e. The number of para-hydroxylation sites is 2. The third-order valence-corrected chi connectivity index (χ3v) is 3.13. The largest absolute Gasteiger partial charge is 0.491 e. The number of benzene rings is 1. The lowest BCUT2D eigenvalue weighted by Gasteiger charge is -2.24. The molecule has 0 radical (unpaired) electrons. The number of fused-ring (bicyclic) bond motifs is 1. The molecule has 0 aliphatic carbocycles. The van der Waals surface area contributed by atoms with Gasteiger partial charge in [0.25, 0.3) is 0 Å². The van der Waals surface area contributed by atoms with Gasteiger partial charge in [0, 0.05) is 20.2 Å². The van der Waals surface area contributed by atoms with Crippen LogP contribution in [0.25, 0.3) is 0 Å². The molecule has 1 aromatic carbocycles. The number of rotatable bonds is 3. The third-order valence-electron chi connectivity index (χ3n) is 2.77. The number of nitrogens with zero attached hydrogens (tertiary/aromatic N) is 1. The Bertz CT molecular complexity index is 412. The standard InChI is InChI=1S/C13H18N2O2S/c1-16-10-7-14-13(18)15-8-4-9-17-12-6-3-2-5-11(12)15/h2-3,5-6H,4,7-10H2,1H3,(H,14,18). The van der Waals surface area contributed by atoms with Gasteiger partial charge in [-0.1, -0.05) is 12.1 Å². The number of methoxy groups -OCH3 is 1. The molecule has 0 saturated carbocycles. The van der Waals surface area contributed by atoms with Crippen LogP contribution in [0.2, 0.25) is 0 Å². The Balaban J connectivity index is 2.09. The minimum absolute atomic E-state index is 0.645. The maximum absolute atomic E-state index is 5.70. The van der Waals surface area contributed by atoms with Gasteiger partial charge < -0.3 is 19.7 Å². The van der Waals surface area contributed by atoms with Gasteiger partial charge in [-0.3, -0.25) is 0 Å². The monoisotopic (exact) mass is 266 g/mol. The first-order chi connectivity index (χ1) is 8.83. The maximum atomic E-state index is 5.70. The van der Waals surface area contributed by atoms with E-state index in [1.165, 1.54) is 0 Å². The summed E-state index contributed by atoms with van der Waals surface area (Å²) in [4.78, 5) is 2.09. The van der Waals surface area contributed by atoms with E-state index in [-0.39, 0.29) is 0 Å². The summed E-state index contributed by atoms with van der Waals surface area (Å²) in [6.45, 7) is 2.96. The van der Waals surface area contributed by atoms with Crippen LogP contribution in [0.3, 0.4) is 0 Å². The lowest BCUT2D eigenvalue weighted by Crippen LogP contribution is -2.41. The van der Waals surface area contributed by atoms with Crippen molar-refractivity contribution in [2.45, 2.75) is 6.42 Å². The molecular weight excluding hydrogens is 248 g/mol. The molecule has 0 amide bonds. The van der Waals surface area contributed by atoms with Crippen molar-refractivity contribution in [3.63, 3.8) is 0 Å². The third kappa shape index (κ3) is 3.11. The van der Waals surface area contributed by atoms with Gasteiger partial charge in [-0.25, -0.2) is 0 Å². The van der Waals surface area contributed by atoms with E-state index in [1.807, 2.05) is 24.3 Å². The molecule has 0 saturated heterocycles. The topological polar surface area (TPSA) is 33.7 Å². The van der Waals surface area contributed by atoms with E-state index < -0.39 is 0 Å². The van der Waals surface area contributed by atoms with Crippen molar-refractivity contribution in [3.05, 3.63) is 24.3 Å². The van der Waals surface area contributed by atoms with Crippen LogP contribution in [0.4, 0.5) is 5.69 Å². The van der Waals surface area contributed by atoms with E-state index >= 15 is 0 Å². The number of hydrogen-bond acceptors (Lipinski definition) is 3. The van der Waals surface area contributed by atoms with E-state index in [2.05, 4.69) is 10.2 Å². The van der Waals surface area contributed by atoms with E-state index in [0.29, 0.717) is 6.61 Å². The van der Waals surface area contributed by atoms with Gasteiger partial charge in [-0.05, 0) is 30.8 Å². The molecule has 0 unspecified atom stereocenters. The van der Waals surface area contributed by atoms with E-state index in [0.717, 1.165) is 42.7 Å². The highest BCUT2D eigenvalue weighted by molar-refractivity contribution is 7.80. The summed E-state index contributed by atoms with van der Waals surface area (Å²) in [5.41, 5.74) is 1.03. The predicted molar refractivity (Wildman–Crippen MR) is 76.4 cm³/mol. The molecule has 4 nitrogen and oxygen atoms in total. The Morgan fingerprint density at radius 2 is 2.33 bits per heavy atom. The van der Waals surface area contributed by atoms with Crippen LogP contribution >= 0.6 is 12.2 Å². The lowest BCUT2D eigenvalue weighted by atomic mass is 10.2. The molecule has 2 rings (SSSR count). The molecule has 0 spiro atoms. The summed E-state index contributed by atoms with van der Waals surface area (Å²) >= 11 is 5.43. The first-order valence-corrected chi connectivity index (χ1v) is 6.50. The molecule has 98 valence electrons. The molecule has 18 heavy (non-hydrogen) atoms. The predicted octanol–water partition coefficient (Wildman–Crippen LogP) is 1.80. The Morgan fingerprint density at radius 1 is 1.50 bits per heavy atom. The van der Waals surface area contributed by atoms with Crippen molar-refractivity contribution < 1.29 is 9.47 Å². The van der Waals surface area contributed by atoms with Crippen LogP contribution in [-0.2, 0) is 4.74 Å². The van der Waals surface area contributed by atoms with E-state index in [1.54, 1.807) is 7.11 Å². The summed E-state index contributed by atoms with van der Waals surface area (Å²) in [5.74, 6) is 0.894. The van der Waals surface area contributed by atoms with Gasteiger partial charge in [0.05, 0.1) is 18.9 Å². The second-order valence-corrected chi connectivity index (χ2v) is 4.43. The zero-order chi connectivity index (χ0) is 12.8. The molecule has 1 aliphatic heterocycles. The number of nitrogens with one attached hydrogen (secondary N) is 1. The fourth-order valence-electron chi connectivity index (χ4n) is 1.89. The van der Waals surface area contributed by atoms with Gasteiger partial charge >= 0.3 is 0 Å². The van der Waals surface area contributed by atoms with Crippen LogP contribution < -0.4 is 15.0 Å². The fraction of sp³-hybridized carbons (Fsp3) is 0.462. The highest BCUT2D eigenvalue weighted by Crippen LogP contribution is 2.30. The molecule has 1 aliphatic rings. The van der Waals surface area contributed by atoms with Crippen molar-refractivity contribution in [3.8, 4) is 5.75 Å². The molecule has 0 atom stereocenters. The molecule has 5 heteroatoms. The van der Waals surface area contributed by atoms with Crippen LogP contribution in [-0.4, -0.2) is 38.5 Å². The minimum Gasteiger partial charge on any atom is -0.491 e. The molecule has 0 aromatic heterocycles. The Kier molecular flexibility index (Phi) is 4.78. The average Bonchev–Trinajstić information content (AvgIpc) is 2.61.